The summed E-state index contributed by atoms with van der Waals surface area (Å²) in [5, 5.41) is 51.8. The van der Waals surface area contributed by atoms with Crippen LogP contribution in [0.25, 0.3) is 0 Å². The molecule has 6 rings (SSSR count). The van der Waals surface area contributed by atoms with Gasteiger partial charge in [0.1, 0.15) is 58.0 Å². The molecule has 3 atom stereocenters. The molecule has 2 heterocycles. The summed E-state index contributed by atoms with van der Waals surface area (Å²) in [5.74, 6) is -3.31. The molecule has 2 aliphatic rings. The average molecular weight is 526 g/mol. The van der Waals surface area contributed by atoms with Crippen LogP contribution in [0.2, 0.25) is 0 Å². The molecule has 0 spiro atoms. The molecule has 0 aliphatic carbocycles. The fraction of sp³-hybridized carbons (Fsp3) is 0.133. The molecule has 0 aromatic heterocycles. The van der Waals surface area contributed by atoms with Crippen LogP contribution in [0, 0.1) is 0 Å². The zero-order valence-electron chi connectivity index (χ0n) is 20.2. The first-order valence-corrected chi connectivity index (χ1v) is 12.1. The molecule has 5 N–H and O–H groups in total. The molecule has 4 aromatic carbocycles. The number of Topliss-reactive ketones (excluding diaryl/α,β-unsaturated/α-hetero) is 2. The van der Waals surface area contributed by atoms with Gasteiger partial charge in [-0.2, -0.15) is 0 Å². The van der Waals surface area contributed by atoms with Crippen LogP contribution in [0.3, 0.4) is 0 Å². The molecule has 0 radical (unpaired) electrons. The lowest BCUT2D eigenvalue weighted by molar-refractivity contribution is 0.0764. The monoisotopic (exact) mass is 526 g/mol. The SMILES string of the molecule is O=C1C[C@H](c2ccc(O)cc2)Oc2cc(O)c([C@@H]3C(=O)c4ccc(O)cc4O[C@H]3c3ccc(O)cc3)c(O)c21. The van der Waals surface area contributed by atoms with Crippen molar-refractivity contribution in [2.45, 2.75) is 24.5 Å². The van der Waals surface area contributed by atoms with Gasteiger partial charge in [-0.15, -0.1) is 0 Å². The van der Waals surface area contributed by atoms with Gasteiger partial charge < -0.3 is 35.0 Å². The molecule has 39 heavy (non-hydrogen) atoms. The standard InChI is InChI=1S/C30H22O9/c31-16-5-1-14(2-6-16)22-12-20(34)25-24(38-22)13-21(35)26(29(25)37)27-28(36)19-10-9-18(33)11-23(19)39-30(27)15-3-7-17(32)8-4-15/h1-11,13,22,27,30-33,35,37H,12H2/t22-,27-,30+/m1/s1. The largest absolute Gasteiger partial charge is 0.508 e. The number of carbonyl (C=O) groups excluding carboxylic acids is 2. The Labute approximate surface area is 221 Å². The second kappa shape index (κ2) is 8.98. The molecule has 0 amide bonds. The minimum Gasteiger partial charge on any atom is -0.508 e. The van der Waals surface area contributed by atoms with Gasteiger partial charge in [0.05, 0.1) is 23.5 Å². The van der Waals surface area contributed by atoms with Crippen molar-refractivity contribution in [2.24, 2.45) is 0 Å². The molecule has 0 unspecified atom stereocenters. The van der Waals surface area contributed by atoms with Crippen molar-refractivity contribution in [3.05, 3.63) is 101 Å². The molecule has 0 fully saturated rings. The van der Waals surface area contributed by atoms with Crippen molar-refractivity contribution in [1.29, 1.82) is 0 Å². The van der Waals surface area contributed by atoms with Crippen molar-refractivity contribution in [2.75, 3.05) is 0 Å². The fourth-order valence-corrected chi connectivity index (χ4v) is 5.18. The van der Waals surface area contributed by atoms with E-state index in [0.717, 1.165) is 0 Å². The molecule has 9 nitrogen and oxygen atoms in total. The number of aromatic hydroxyl groups is 5. The number of hydrogen-bond donors (Lipinski definition) is 5. The van der Waals surface area contributed by atoms with Crippen molar-refractivity contribution in [1.82, 2.24) is 0 Å². The predicted molar refractivity (Wildman–Crippen MR) is 137 cm³/mol. The smallest absolute Gasteiger partial charge is 0.178 e. The second-order valence-corrected chi connectivity index (χ2v) is 9.51. The third-order valence-corrected chi connectivity index (χ3v) is 7.07. The first-order chi connectivity index (χ1) is 18.7. The summed E-state index contributed by atoms with van der Waals surface area (Å²) in [7, 11) is 0. The van der Waals surface area contributed by atoms with E-state index < -0.39 is 41.2 Å². The van der Waals surface area contributed by atoms with E-state index in [1.807, 2.05) is 0 Å². The normalized spacial score (nSPS) is 19.9. The van der Waals surface area contributed by atoms with Crippen molar-refractivity contribution in [3.8, 4) is 40.2 Å². The summed E-state index contributed by atoms with van der Waals surface area (Å²) in [6.45, 7) is 0. The Morgan fingerprint density at radius 1 is 0.667 bits per heavy atom. The van der Waals surface area contributed by atoms with Gasteiger partial charge in [0.15, 0.2) is 11.6 Å². The highest BCUT2D eigenvalue weighted by atomic mass is 16.5. The topological polar surface area (TPSA) is 154 Å². The van der Waals surface area contributed by atoms with Crippen LogP contribution in [-0.2, 0) is 0 Å². The first kappa shape index (κ1) is 24.2. The quantitative estimate of drug-likeness (QED) is 0.247. The Kier molecular flexibility index (Phi) is 5.57. The van der Waals surface area contributed by atoms with Gasteiger partial charge in [-0.05, 0) is 47.5 Å². The predicted octanol–water partition coefficient (Wildman–Crippen LogP) is 5.02. The summed E-state index contributed by atoms with van der Waals surface area (Å²) >= 11 is 0. The number of ketones is 2. The Morgan fingerprint density at radius 2 is 1.28 bits per heavy atom. The van der Waals surface area contributed by atoms with E-state index in [1.165, 1.54) is 60.7 Å². The molecule has 0 saturated heterocycles. The maximum absolute atomic E-state index is 13.8. The number of hydrogen-bond acceptors (Lipinski definition) is 9. The zero-order valence-corrected chi connectivity index (χ0v) is 20.2. The van der Waals surface area contributed by atoms with Crippen LogP contribution in [0.1, 0.15) is 62.0 Å². The Hall–Kier alpha value is -5.18. The Bertz CT molecular complexity index is 1620. The first-order valence-electron chi connectivity index (χ1n) is 12.1. The maximum atomic E-state index is 13.8. The number of phenols is 5. The molecule has 9 heteroatoms. The average Bonchev–Trinajstić information content (AvgIpc) is 2.90. The van der Waals surface area contributed by atoms with Gasteiger partial charge in [0.25, 0.3) is 0 Å². The van der Waals surface area contributed by atoms with E-state index in [4.69, 9.17) is 9.47 Å². The van der Waals surface area contributed by atoms with E-state index in [0.29, 0.717) is 11.1 Å². The number of fused-ring (bicyclic) bond motifs is 2. The van der Waals surface area contributed by atoms with Crippen LogP contribution in [-0.4, -0.2) is 37.1 Å². The molecule has 196 valence electrons. The third-order valence-electron chi connectivity index (χ3n) is 7.07. The summed E-state index contributed by atoms with van der Waals surface area (Å²) in [6, 6.07) is 17.3. The maximum Gasteiger partial charge on any atom is 0.178 e. The van der Waals surface area contributed by atoms with Crippen molar-refractivity contribution >= 4 is 11.6 Å². The van der Waals surface area contributed by atoms with Gasteiger partial charge in [-0.3, -0.25) is 9.59 Å². The minimum absolute atomic E-state index is 0.0131. The molecule has 0 saturated carbocycles. The lowest BCUT2D eigenvalue weighted by Gasteiger charge is -2.35. The van der Waals surface area contributed by atoms with E-state index in [9.17, 15) is 35.1 Å². The van der Waals surface area contributed by atoms with Gasteiger partial charge in [-0.25, -0.2) is 0 Å². The number of benzene rings is 4. The fourth-order valence-electron chi connectivity index (χ4n) is 5.18. The lowest BCUT2D eigenvalue weighted by Crippen LogP contribution is -2.30. The van der Waals surface area contributed by atoms with Gasteiger partial charge in [-0.1, -0.05) is 24.3 Å². The van der Waals surface area contributed by atoms with Gasteiger partial charge >= 0.3 is 0 Å². The zero-order chi connectivity index (χ0) is 27.4. The van der Waals surface area contributed by atoms with Crippen LogP contribution < -0.4 is 9.47 Å². The summed E-state index contributed by atoms with van der Waals surface area (Å²) in [6.07, 6.45) is -1.90. The number of ether oxygens (including phenoxy) is 2. The molecular formula is C30H22O9. The minimum atomic E-state index is -1.28. The van der Waals surface area contributed by atoms with Crippen molar-refractivity contribution < 1.29 is 44.6 Å². The van der Waals surface area contributed by atoms with E-state index >= 15 is 0 Å². The highest BCUT2D eigenvalue weighted by Gasteiger charge is 2.44. The molecule has 0 bridgehead atoms. The summed E-state index contributed by atoms with van der Waals surface area (Å²) in [5.41, 5.74) is 0.839. The summed E-state index contributed by atoms with van der Waals surface area (Å²) in [4.78, 5) is 27.1. The van der Waals surface area contributed by atoms with Crippen molar-refractivity contribution in [3.63, 3.8) is 0 Å². The van der Waals surface area contributed by atoms with Crippen LogP contribution in [0.4, 0.5) is 0 Å². The van der Waals surface area contributed by atoms with Crippen LogP contribution in [0.15, 0.2) is 72.8 Å². The van der Waals surface area contributed by atoms with Gasteiger partial charge in [0.2, 0.25) is 0 Å². The Morgan fingerprint density at radius 3 is 1.95 bits per heavy atom. The highest BCUT2D eigenvalue weighted by molar-refractivity contribution is 6.08. The van der Waals surface area contributed by atoms with Crippen LogP contribution >= 0.6 is 0 Å². The van der Waals surface area contributed by atoms with E-state index in [-0.39, 0.29) is 51.9 Å². The lowest BCUT2D eigenvalue weighted by atomic mass is 9.78. The second-order valence-electron chi connectivity index (χ2n) is 9.51. The number of rotatable bonds is 3. The highest BCUT2D eigenvalue weighted by Crippen LogP contribution is 2.53. The van der Waals surface area contributed by atoms with E-state index in [2.05, 4.69) is 0 Å². The molecule has 2 aliphatic heterocycles. The van der Waals surface area contributed by atoms with Crippen LogP contribution in [0.5, 0.6) is 40.2 Å². The summed E-state index contributed by atoms with van der Waals surface area (Å²) < 4.78 is 12.1. The van der Waals surface area contributed by atoms with E-state index in [1.54, 1.807) is 12.1 Å². The number of phenolic OH excluding ortho intramolecular Hbond substituents is 5. The molecule has 4 aromatic rings. The Balaban J connectivity index is 1.47. The molecular weight excluding hydrogens is 504 g/mol. The number of carbonyl (C=O) groups is 2. The van der Waals surface area contributed by atoms with Gasteiger partial charge in [0, 0.05) is 12.1 Å². The third kappa shape index (κ3) is 4.04.